The average Bonchev–Trinajstić information content (AvgIpc) is 2.26. The lowest BCUT2D eigenvalue weighted by molar-refractivity contribution is -0.143. The molecule has 5 nitrogen and oxygen atoms in total. The highest BCUT2D eigenvalue weighted by atomic mass is 16.5. The molecule has 1 unspecified atom stereocenters. The van der Waals surface area contributed by atoms with Crippen LogP contribution in [-0.2, 0) is 14.3 Å². The van der Waals surface area contributed by atoms with Crippen LogP contribution in [0, 0.1) is 0 Å². The minimum atomic E-state index is -0.621. The number of esters is 1. The van der Waals surface area contributed by atoms with Gasteiger partial charge < -0.3 is 15.4 Å². The van der Waals surface area contributed by atoms with E-state index in [2.05, 4.69) is 4.74 Å². The highest BCUT2D eigenvalue weighted by molar-refractivity contribution is 5.77. The van der Waals surface area contributed by atoms with Crippen molar-refractivity contribution in [2.45, 2.75) is 31.7 Å². The van der Waals surface area contributed by atoms with Crippen LogP contribution in [0.1, 0.15) is 25.7 Å². The van der Waals surface area contributed by atoms with Gasteiger partial charge in [-0.25, -0.2) is 0 Å². The fourth-order valence-electron chi connectivity index (χ4n) is 1.66. The van der Waals surface area contributed by atoms with Gasteiger partial charge in [-0.2, -0.15) is 0 Å². The Bertz CT molecular complexity index is 243. The molecule has 1 saturated heterocycles. The summed E-state index contributed by atoms with van der Waals surface area (Å²) in [5.74, 6) is -0.252. The summed E-state index contributed by atoms with van der Waals surface area (Å²) in [6.45, 7) is 1.34. The number of methoxy groups -OCH3 is 1. The van der Waals surface area contributed by atoms with E-state index in [9.17, 15) is 9.59 Å². The van der Waals surface area contributed by atoms with E-state index < -0.39 is 12.0 Å². The van der Waals surface area contributed by atoms with Crippen molar-refractivity contribution in [2.24, 2.45) is 5.73 Å². The fourth-order valence-corrected chi connectivity index (χ4v) is 1.66. The molecule has 0 aromatic rings. The van der Waals surface area contributed by atoms with Crippen LogP contribution in [0.2, 0.25) is 0 Å². The van der Waals surface area contributed by atoms with E-state index in [-0.39, 0.29) is 5.91 Å². The molecule has 1 fully saturated rings. The third-order valence-electron chi connectivity index (χ3n) is 2.64. The molecule has 0 spiro atoms. The van der Waals surface area contributed by atoms with Gasteiger partial charge in [-0.15, -0.1) is 0 Å². The lowest BCUT2D eigenvalue weighted by Crippen LogP contribution is -2.40. The number of rotatable bonds is 4. The zero-order valence-corrected chi connectivity index (χ0v) is 9.07. The molecule has 1 heterocycles. The Kier molecular flexibility index (Phi) is 4.55. The molecule has 0 bridgehead atoms. The number of nitrogens with zero attached hydrogens (tertiary/aromatic N) is 1. The predicted octanol–water partition coefficient (Wildman–Crippen LogP) is -0.111. The lowest BCUT2D eigenvalue weighted by atomic mass is 10.1. The first-order chi connectivity index (χ1) is 7.15. The molecule has 2 N–H and O–H groups in total. The van der Waals surface area contributed by atoms with Crippen LogP contribution in [0.3, 0.4) is 0 Å². The van der Waals surface area contributed by atoms with Gasteiger partial charge in [0, 0.05) is 19.5 Å². The van der Waals surface area contributed by atoms with E-state index in [0.717, 1.165) is 19.4 Å². The second-order valence-electron chi connectivity index (χ2n) is 3.76. The summed E-state index contributed by atoms with van der Waals surface area (Å²) in [5.41, 5.74) is 5.58. The number of nitrogens with two attached hydrogens (primary N) is 1. The molecule has 0 aromatic carbocycles. The molecule has 1 aliphatic heterocycles. The van der Waals surface area contributed by atoms with E-state index in [4.69, 9.17) is 5.73 Å². The molecule has 0 radical (unpaired) electrons. The van der Waals surface area contributed by atoms with Gasteiger partial charge in [0.15, 0.2) is 0 Å². The average molecular weight is 214 g/mol. The second kappa shape index (κ2) is 5.70. The summed E-state index contributed by atoms with van der Waals surface area (Å²) < 4.78 is 4.51. The third kappa shape index (κ3) is 3.51. The zero-order chi connectivity index (χ0) is 11.3. The van der Waals surface area contributed by atoms with Crippen molar-refractivity contribution in [3.8, 4) is 0 Å². The molecule has 1 aliphatic rings. The molecular formula is C10H18N2O3. The Labute approximate surface area is 89.6 Å². The quantitative estimate of drug-likeness (QED) is 0.663. The topological polar surface area (TPSA) is 72.6 Å². The van der Waals surface area contributed by atoms with E-state index in [1.54, 1.807) is 4.90 Å². The molecule has 15 heavy (non-hydrogen) atoms. The summed E-state index contributed by atoms with van der Waals surface area (Å²) >= 11 is 0. The number of ether oxygens (including phenoxy) is 1. The first kappa shape index (κ1) is 12.0. The molecule has 0 aliphatic carbocycles. The second-order valence-corrected chi connectivity index (χ2v) is 3.76. The van der Waals surface area contributed by atoms with Gasteiger partial charge in [0.1, 0.15) is 6.04 Å². The molecule has 0 aromatic heterocycles. The third-order valence-corrected chi connectivity index (χ3v) is 2.64. The Morgan fingerprint density at radius 2 is 2.33 bits per heavy atom. The number of hydrogen-bond acceptors (Lipinski definition) is 4. The van der Waals surface area contributed by atoms with Gasteiger partial charge in [-0.05, 0) is 19.3 Å². The monoisotopic (exact) mass is 214 g/mol. The van der Waals surface area contributed by atoms with Crippen molar-refractivity contribution >= 4 is 11.9 Å². The summed E-state index contributed by atoms with van der Waals surface area (Å²) in [6, 6.07) is -0.621. The van der Waals surface area contributed by atoms with Crippen molar-refractivity contribution in [3.05, 3.63) is 0 Å². The summed E-state index contributed by atoms with van der Waals surface area (Å²) in [5, 5.41) is 0. The van der Waals surface area contributed by atoms with Crippen LogP contribution in [0.4, 0.5) is 0 Å². The van der Waals surface area contributed by atoms with Gasteiger partial charge >= 0.3 is 5.97 Å². The summed E-state index contributed by atoms with van der Waals surface area (Å²) in [4.78, 5) is 24.2. The van der Waals surface area contributed by atoms with Crippen molar-refractivity contribution in [2.75, 3.05) is 20.2 Å². The predicted molar refractivity (Wildman–Crippen MR) is 55.0 cm³/mol. The highest BCUT2D eigenvalue weighted by Gasteiger charge is 2.20. The highest BCUT2D eigenvalue weighted by Crippen LogP contribution is 2.11. The number of carbonyl (C=O) groups excluding carboxylic acids is 2. The molecule has 5 heteroatoms. The minimum absolute atomic E-state index is 0.165. The van der Waals surface area contributed by atoms with Gasteiger partial charge in [-0.1, -0.05) is 0 Å². The van der Waals surface area contributed by atoms with E-state index >= 15 is 0 Å². The lowest BCUT2D eigenvalue weighted by Gasteiger charge is -2.27. The van der Waals surface area contributed by atoms with Gasteiger partial charge in [0.25, 0.3) is 0 Å². The zero-order valence-electron chi connectivity index (χ0n) is 9.07. The van der Waals surface area contributed by atoms with Gasteiger partial charge in [0.05, 0.1) is 7.11 Å². The first-order valence-corrected chi connectivity index (χ1v) is 5.26. The van der Waals surface area contributed by atoms with E-state index in [1.165, 1.54) is 7.11 Å². The van der Waals surface area contributed by atoms with Crippen LogP contribution >= 0.6 is 0 Å². The maximum absolute atomic E-state index is 11.4. The van der Waals surface area contributed by atoms with Crippen molar-refractivity contribution in [1.82, 2.24) is 4.90 Å². The molecule has 1 rings (SSSR count). The van der Waals surface area contributed by atoms with Crippen molar-refractivity contribution in [3.63, 3.8) is 0 Å². The van der Waals surface area contributed by atoms with Gasteiger partial charge in [0.2, 0.25) is 5.91 Å². The fraction of sp³-hybridized carbons (Fsp3) is 0.800. The van der Waals surface area contributed by atoms with Gasteiger partial charge in [-0.3, -0.25) is 9.59 Å². The van der Waals surface area contributed by atoms with Crippen molar-refractivity contribution < 1.29 is 14.3 Å². The van der Waals surface area contributed by atoms with Crippen LogP contribution in [0.25, 0.3) is 0 Å². The standard InChI is InChI=1S/C10H18N2O3/c1-15-10(14)8(11)5-7-12-6-3-2-4-9(12)13/h8H,2-7,11H2,1H3. The van der Waals surface area contributed by atoms with Crippen LogP contribution in [0.15, 0.2) is 0 Å². The molecule has 86 valence electrons. The van der Waals surface area contributed by atoms with Crippen LogP contribution < -0.4 is 5.73 Å². The summed E-state index contributed by atoms with van der Waals surface area (Å²) in [6.07, 6.45) is 3.10. The number of carbonyl (C=O) groups is 2. The number of amides is 1. The summed E-state index contributed by atoms with van der Waals surface area (Å²) in [7, 11) is 1.31. The first-order valence-electron chi connectivity index (χ1n) is 5.26. The smallest absolute Gasteiger partial charge is 0.322 e. The Morgan fingerprint density at radius 1 is 1.60 bits per heavy atom. The molecular weight excluding hydrogens is 196 g/mol. The van der Waals surface area contributed by atoms with Crippen LogP contribution in [-0.4, -0.2) is 43.0 Å². The van der Waals surface area contributed by atoms with Crippen LogP contribution in [0.5, 0.6) is 0 Å². The van der Waals surface area contributed by atoms with E-state index in [0.29, 0.717) is 19.4 Å². The van der Waals surface area contributed by atoms with Crippen molar-refractivity contribution in [1.29, 1.82) is 0 Å². The minimum Gasteiger partial charge on any atom is -0.468 e. The number of piperidine rings is 1. The Hall–Kier alpha value is -1.10. The maximum Gasteiger partial charge on any atom is 0.322 e. The largest absolute Gasteiger partial charge is 0.468 e. The molecule has 1 atom stereocenters. The van der Waals surface area contributed by atoms with E-state index in [1.807, 2.05) is 0 Å². The molecule has 1 amide bonds. The number of hydrogen-bond donors (Lipinski definition) is 1. The Morgan fingerprint density at radius 3 is 2.93 bits per heavy atom. The Balaban J connectivity index is 2.29. The molecule has 0 saturated carbocycles. The normalized spacial score (nSPS) is 18.8. The number of likely N-dealkylation sites (tertiary alicyclic amines) is 1. The SMILES string of the molecule is COC(=O)C(N)CCN1CCCCC1=O. The maximum atomic E-state index is 11.4.